The van der Waals surface area contributed by atoms with Crippen LogP contribution in [0.15, 0.2) is 60.8 Å². The first-order valence-electron chi connectivity index (χ1n) is 10.5. The normalized spacial score (nSPS) is 10.7. The number of hydrogen-bond acceptors (Lipinski definition) is 5. The molecule has 2 heterocycles. The molecule has 0 aliphatic carbocycles. The van der Waals surface area contributed by atoms with Crippen LogP contribution in [-0.2, 0) is 19.3 Å². The number of nitrogens with one attached hydrogen (secondary N) is 1. The van der Waals surface area contributed by atoms with Crippen molar-refractivity contribution in [2.45, 2.75) is 39.0 Å². The Bertz CT molecular complexity index is 1170. The van der Waals surface area contributed by atoms with E-state index in [2.05, 4.69) is 68.9 Å². The van der Waals surface area contributed by atoms with Gasteiger partial charge in [-0.3, -0.25) is 4.98 Å². The van der Waals surface area contributed by atoms with Crippen LogP contribution in [-0.4, -0.2) is 25.6 Å². The van der Waals surface area contributed by atoms with E-state index in [4.69, 9.17) is 0 Å². The number of aromatic nitrogens is 5. The van der Waals surface area contributed by atoms with Crippen LogP contribution >= 0.6 is 0 Å². The summed E-state index contributed by atoms with van der Waals surface area (Å²) < 4.78 is 0. The monoisotopic (exact) mass is 408 g/mol. The van der Waals surface area contributed by atoms with E-state index in [1.807, 2.05) is 30.5 Å². The largest absolute Gasteiger partial charge is 0.261 e. The molecule has 31 heavy (non-hydrogen) atoms. The van der Waals surface area contributed by atoms with E-state index in [0.717, 1.165) is 53.6 Å². The molecule has 0 aliphatic heterocycles. The molecular weight excluding hydrogens is 384 g/mol. The summed E-state index contributed by atoms with van der Waals surface area (Å²) in [5.41, 5.74) is 7.68. The van der Waals surface area contributed by atoms with Crippen molar-refractivity contribution in [3.8, 4) is 28.6 Å². The average molecular weight is 409 g/mol. The first kappa shape index (κ1) is 20.4. The zero-order valence-electron chi connectivity index (χ0n) is 17.5. The lowest BCUT2D eigenvalue weighted by atomic mass is 9.93. The molecular formula is C25H24N6. The molecule has 0 radical (unpaired) electrons. The van der Waals surface area contributed by atoms with E-state index in [1.54, 1.807) is 0 Å². The van der Waals surface area contributed by atoms with Gasteiger partial charge in [0, 0.05) is 17.5 Å². The number of hydrogen-bond donors (Lipinski definition) is 1. The average Bonchev–Trinajstić information content (AvgIpc) is 3.35. The van der Waals surface area contributed by atoms with Crippen LogP contribution in [0.25, 0.3) is 22.5 Å². The second-order valence-corrected chi connectivity index (χ2v) is 7.49. The van der Waals surface area contributed by atoms with Crippen LogP contribution in [0.5, 0.6) is 0 Å². The predicted octanol–water partition coefficient (Wildman–Crippen LogP) is 4.93. The van der Waals surface area contributed by atoms with E-state index < -0.39 is 0 Å². The van der Waals surface area contributed by atoms with E-state index in [9.17, 15) is 5.26 Å². The molecule has 4 rings (SSSR count). The molecule has 0 saturated heterocycles. The number of pyridine rings is 1. The number of aromatic amines is 1. The van der Waals surface area contributed by atoms with Gasteiger partial charge >= 0.3 is 0 Å². The minimum absolute atomic E-state index is 0.410. The van der Waals surface area contributed by atoms with Crippen LogP contribution in [0.2, 0.25) is 0 Å². The fraction of sp³-hybridized carbons (Fsp3) is 0.240. The molecule has 1 N–H and O–H groups in total. The van der Waals surface area contributed by atoms with Gasteiger partial charge in [0.25, 0.3) is 0 Å². The van der Waals surface area contributed by atoms with Crippen molar-refractivity contribution < 1.29 is 0 Å². The lowest BCUT2D eigenvalue weighted by molar-refractivity contribution is 0.765. The molecule has 0 spiro atoms. The molecule has 154 valence electrons. The standard InChI is InChI=1S/C25H24N6/c1-2-3-8-24-23(20(13-15-26)14-16-27-24)17-18-9-11-19(12-10-18)21-6-4-5-7-22(21)25-28-30-31-29-25/h4-7,9-12,14,16H,2-3,8,13,17H2,1H3,(H,28,29,30,31). The van der Waals surface area contributed by atoms with Crippen LogP contribution in [0.4, 0.5) is 0 Å². The Morgan fingerprint density at radius 2 is 1.81 bits per heavy atom. The molecule has 0 unspecified atom stereocenters. The van der Waals surface area contributed by atoms with Crippen LogP contribution in [0.1, 0.15) is 42.1 Å². The second-order valence-electron chi connectivity index (χ2n) is 7.49. The highest BCUT2D eigenvalue weighted by Gasteiger charge is 2.13. The van der Waals surface area contributed by atoms with E-state index in [0.29, 0.717) is 12.2 Å². The van der Waals surface area contributed by atoms with Crippen molar-refractivity contribution in [1.29, 1.82) is 5.26 Å². The second kappa shape index (κ2) is 9.77. The highest BCUT2D eigenvalue weighted by atomic mass is 15.5. The Morgan fingerprint density at radius 1 is 1.00 bits per heavy atom. The van der Waals surface area contributed by atoms with Gasteiger partial charge in [0.1, 0.15) is 0 Å². The summed E-state index contributed by atoms with van der Waals surface area (Å²) in [5, 5.41) is 23.7. The topological polar surface area (TPSA) is 91.1 Å². The molecule has 6 heteroatoms. The Hall–Kier alpha value is -3.85. The Balaban J connectivity index is 1.63. The summed E-state index contributed by atoms with van der Waals surface area (Å²) in [5.74, 6) is 0.580. The van der Waals surface area contributed by atoms with E-state index >= 15 is 0 Å². The van der Waals surface area contributed by atoms with Gasteiger partial charge in [0.05, 0.1) is 12.5 Å². The molecule has 0 bridgehead atoms. The summed E-state index contributed by atoms with van der Waals surface area (Å²) in [6.07, 6.45) is 6.18. The maximum atomic E-state index is 9.26. The quantitative estimate of drug-likeness (QED) is 0.446. The Labute approximate surface area is 182 Å². The fourth-order valence-corrected chi connectivity index (χ4v) is 3.82. The van der Waals surface area contributed by atoms with Gasteiger partial charge in [0.2, 0.25) is 5.82 Å². The van der Waals surface area contributed by atoms with Crippen molar-refractivity contribution in [3.63, 3.8) is 0 Å². The molecule has 2 aromatic heterocycles. The smallest absolute Gasteiger partial charge is 0.205 e. The fourth-order valence-electron chi connectivity index (χ4n) is 3.82. The Morgan fingerprint density at radius 3 is 2.52 bits per heavy atom. The highest BCUT2D eigenvalue weighted by molar-refractivity contribution is 5.80. The molecule has 6 nitrogen and oxygen atoms in total. The van der Waals surface area contributed by atoms with Crippen LogP contribution in [0.3, 0.4) is 0 Å². The lowest BCUT2D eigenvalue weighted by Gasteiger charge is -2.13. The zero-order valence-corrected chi connectivity index (χ0v) is 17.5. The summed E-state index contributed by atoms with van der Waals surface area (Å²) >= 11 is 0. The van der Waals surface area contributed by atoms with Crippen molar-refractivity contribution >= 4 is 0 Å². The summed E-state index contributed by atoms with van der Waals surface area (Å²) in [7, 11) is 0. The van der Waals surface area contributed by atoms with Crippen LogP contribution in [0, 0.1) is 11.3 Å². The predicted molar refractivity (Wildman–Crippen MR) is 120 cm³/mol. The number of H-pyrrole nitrogens is 1. The number of aryl methyl sites for hydroxylation is 1. The van der Waals surface area contributed by atoms with E-state index in [-0.39, 0.29) is 0 Å². The van der Waals surface area contributed by atoms with Crippen molar-refractivity contribution in [2.24, 2.45) is 0 Å². The third kappa shape index (κ3) is 4.67. The van der Waals surface area contributed by atoms with Gasteiger partial charge in [-0.25, -0.2) is 0 Å². The summed E-state index contributed by atoms with van der Waals surface area (Å²) in [4.78, 5) is 4.63. The molecule has 0 amide bonds. The van der Waals surface area contributed by atoms with Gasteiger partial charge in [-0.05, 0) is 58.4 Å². The third-order valence-corrected chi connectivity index (χ3v) is 5.44. The number of tetrazole rings is 1. The third-order valence-electron chi connectivity index (χ3n) is 5.44. The molecule has 4 aromatic rings. The van der Waals surface area contributed by atoms with Gasteiger partial charge in [-0.1, -0.05) is 61.9 Å². The number of unbranched alkanes of at least 4 members (excludes halogenated alkanes) is 1. The number of rotatable bonds is 8. The van der Waals surface area contributed by atoms with Gasteiger partial charge in [-0.2, -0.15) is 10.5 Å². The number of benzene rings is 2. The Kier molecular flexibility index (Phi) is 6.44. The molecule has 0 saturated carbocycles. The first-order chi connectivity index (χ1) is 15.3. The summed E-state index contributed by atoms with van der Waals surface area (Å²) in [6.45, 7) is 2.18. The molecule has 2 aromatic carbocycles. The van der Waals surface area contributed by atoms with Crippen molar-refractivity contribution in [3.05, 3.63) is 83.2 Å². The summed E-state index contributed by atoms with van der Waals surface area (Å²) in [6, 6.07) is 20.9. The van der Waals surface area contributed by atoms with E-state index in [1.165, 1.54) is 11.1 Å². The van der Waals surface area contributed by atoms with Crippen LogP contribution < -0.4 is 0 Å². The highest BCUT2D eigenvalue weighted by Crippen LogP contribution is 2.30. The minimum Gasteiger partial charge on any atom is -0.261 e. The molecule has 0 atom stereocenters. The van der Waals surface area contributed by atoms with Crippen molar-refractivity contribution in [1.82, 2.24) is 25.6 Å². The number of nitrogens with zero attached hydrogens (tertiary/aromatic N) is 5. The SMILES string of the molecule is CCCCc1nccc(CC#N)c1Cc1ccc(-c2ccccc2-c2nn[nH]n2)cc1. The minimum atomic E-state index is 0.410. The van der Waals surface area contributed by atoms with Gasteiger partial charge < -0.3 is 0 Å². The maximum absolute atomic E-state index is 9.26. The maximum Gasteiger partial charge on any atom is 0.205 e. The van der Waals surface area contributed by atoms with Crippen molar-refractivity contribution in [2.75, 3.05) is 0 Å². The molecule has 0 fully saturated rings. The zero-order chi connectivity index (χ0) is 21.5. The lowest BCUT2D eigenvalue weighted by Crippen LogP contribution is -2.04. The first-order valence-corrected chi connectivity index (χ1v) is 10.5. The van der Waals surface area contributed by atoms with Gasteiger partial charge in [0.15, 0.2) is 0 Å². The number of nitriles is 1. The molecule has 0 aliphatic rings. The van der Waals surface area contributed by atoms with Gasteiger partial charge in [-0.15, -0.1) is 10.2 Å².